The Hall–Kier alpha value is -4.11. The molecule has 0 fully saturated rings. The van der Waals surface area contributed by atoms with Crippen LogP contribution in [0.4, 0.5) is 17.1 Å². The van der Waals surface area contributed by atoms with Crippen molar-refractivity contribution >= 4 is 50.2 Å². The molecule has 192 valence electrons. The number of sulfonamides is 1. The van der Waals surface area contributed by atoms with Crippen LogP contribution in [0.15, 0.2) is 78.9 Å². The van der Waals surface area contributed by atoms with E-state index in [0.29, 0.717) is 29.1 Å². The van der Waals surface area contributed by atoms with E-state index in [1.165, 1.54) is 4.90 Å². The van der Waals surface area contributed by atoms with Gasteiger partial charge in [0.05, 0.1) is 22.7 Å². The highest BCUT2D eigenvalue weighted by atomic mass is 32.2. The summed E-state index contributed by atoms with van der Waals surface area (Å²) in [6.45, 7) is 1.50. The summed E-state index contributed by atoms with van der Waals surface area (Å²) in [5.41, 5.74) is 4.59. The predicted molar refractivity (Wildman–Crippen MR) is 149 cm³/mol. The topological polar surface area (TPSA) is 98.8 Å². The zero-order valence-electron chi connectivity index (χ0n) is 21.1. The van der Waals surface area contributed by atoms with Crippen LogP contribution in [0, 0.1) is 0 Å². The Kier molecular flexibility index (Phi) is 7.63. The minimum atomic E-state index is -3.68. The molecule has 3 aromatic rings. The van der Waals surface area contributed by atoms with Crippen molar-refractivity contribution in [1.29, 1.82) is 0 Å². The van der Waals surface area contributed by atoms with Gasteiger partial charge in [-0.2, -0.15) is 0 Å². The van der Waals surface area contributed by atoms with Gasteiger partial charge in [-0.3, -0.25) is 13.9 Å². The van der Waals surface area contributed by atoms with E-state index in [0.717, 1.165) is 21.1 Å². The summed E-state index contributed by atoms with van der Waals surface area (Å²) in [5.74, 6) is -0.584. The second-order valence-electron chi connectivity index (χ2n) is 8.90. The van der Waals surface area contributed by atoms with Crippen molar-refractivity contribution in [3.63, 3.8) is 0 Å². The molecular formula is C28H30N4O4S. The molecule has 0 aliphatic carbocycles. The van der Waals surface area contributed by atoms with Crippen LogP contribution in [0.25, 0.3) is 11.3 Å². The summed E-state index contributed by atoms with van der Waals surface area (Å²) in [7, 11) is -0.497. The van der Waals surface area contributed by atoms with Gasteiger partial charge in [-0.05, 0) is 42.3 Å². The van der Waals surface area contributed by atoms with Crippen LogP contribution in [0.2, 0.25) is 0 Å². The smallest absolute Gasteiger partial charge is 0.258 e. The third-order valence-electron chi connectivity index (χ3n) is 5.98. The van der Waals surface area contributed by atoms with Gasteiger partial charge < -0.3 is 15.5 Å². The zero-order valence-corrected chi connectivity index (χ0v) is 21.9. The largest absolute Gasteiger partial charge is 0.354 e. The molecule has 0 unspecified atom stereocenters. The van der Waals surface area contributed by atoms with E-state index in [4.69, 9.17) is 0 Å². The lowest BCUT2D eigenvalue weighted by molar-refractivity contribution is -0.127. The van der Waals surface area contributed by atoms with Gasteiger partial charge in [0.1, 0.15) is 6.54 Å². The van der Waals surface area contributed by atoms with Crippen LogP contribution in [0.3, 0.4) is 0 Å². The van der Waals surface area contributed by atoms with Crippen molar-refractivity contribution < 1.29 is 18.0 Å². The van der Waals surface area contributed by atoms with E-state index in [-0.39, 0.29) is 24.1 Å². The fourth-order valence-electron chi connectivity index (χ4n) is 4.09. The molecule has 1 heterocycles. The van der Waals surface area contributed by atoms with E-state index < -0.39 is 10.0 Å². The maximum atomic E-state index is 13.0. The summed E-state index contributed by atoms with van der Waals surface area (Å²) in [4.78, 5) is 26.7. The van der Waals surface area contributed by atoms with Crippen molar-refractivity contribution in [2.45, 2.75) is 13.3 Å². The molecule has 0 bridgehead atoms. The van der Waals surface area contributed by atoms with E-state index in [1.54, 1.807) is 45.3 Å². The first-order valence-electron chi connectivity index (χ1n) is 12.0. The van der Waals surface area contributed by atoms with Gasteiger partial charge in [0.25, 0.3) is 5.91 Å². The molecule has 1 aliphatic rings. The molecule has 0 saturated carbocycles. The number of nitrogens with zero attached hydrogens (tertiary/aromatic N) is 2. The van der Waals surface area contributed by atoms with Crippen LogP contribution in [-0.4, -0.2) is 51.5 Å². The first-order valence-corrected chi connectivity index (χ1v) is 13.6. The summed E-state index contributed by atoms with van der Waals surface area (Å²) in [6, 6.07) is 23.9. The summed E-state index contributed by atoms with van der Waals surface area (Å²) in [5, 5.41) is 6.29. The number of rotatable bonds is 9. The molecule has 2 amide bonds. The Morgan fingerprint density at radius 3 is 2.22 bits per heavy atom. The molecule has 0 saturated heterocycles. The maximum absolute atomic E-state index is 13.0. The van der Waals surface area contributed by atoms with Crippen LogP contribution in [-0.2, 0) is 19.6 Å². The van der Waals surface area contributed by atoms with Crippen molar-refractivity contribution in [1.82, 2.24) is 4.90 Å². The standard InChI is InChI=1S/C28H30N4O4S/c1-4-18-37(35,36)32(19-25(33)31(2)3)22-16-14-21(15-17-22)29-27(20-10-6-5-7-11-20)26-23-12-8-9-13-24(23)30-28(26)34/h5-17,29H,4,18-19H2,1-3H3,(H,30,34). The van der Waals surface area contributed by atoms with Gasteiger partial charge >= 0.3 is 0 Å². The molecule has 8 nitrogen and oxygen atoms in total. The lowest BCUT2D eigenvalue weighted by Crippen LogP contribution is -2.41. The Labute approximate surface area is 217 Å². The normalized spacial score (nSPS) is 14.0. The molecule has 1 aliphatic heterocycles. The molecular weight excluding hydrogens is 488 g/mol. The number of likely N-dealkylation sites (N-methyl/N-ethyl adjacent to an activating group) is 1. The SMILES string of the molecule is CCCS(=O)(=O)N(CC(=O)N(C)C)c1ccc(NC(=C2C(=O)Nc3ccccc32)c2ccccc2)cc1. The van der Waals surface area contributed by atoms with Crippen LogP contribution < -0.4 is 14.9 Å². The highest BCUT2D eigenvalue weighted by Gasteiger charge is 2.28. The summed E-state index contributed by atoms with van der Waals surface area (Å²) < 4.78 is 27.1. The summed E-state index contributed by atoms with van der Waals surface area (Å²) >= 11 is 0. The van der Waals surface area contributed by atoms with Crippen LogP contribution >= 0.6 is 0 Å². The lowest BCUT2D eigenvalue weighted by Gasteiger charge is -2.25. The van der Waals surface area contributed by atoms with Gasteiger partial charge in [0, 0.05) is 31.0 Å². The van der Waals surface area contributed by atoms with Crippen molar-refractivity contribution in [2.75, 3.05) is 41.3 Å². The number of carbonyl (C=O) groups is 2. The van der Waals surface area contributed by atoms with E-state index >= 15 is 0 Å². The molecule has 0 radical (unpaired) electrons. The quantitative estimate of drug-likeness (QED) is 0.413. The molecule has 3 aromatic carbocycles. The number of amides is 2. The fraction of sp³-hybridized carbons (Fsp3) is 0.214. The van der Waals surface area contributed by atoms with Crippen molar-refractivity contribution in [3.8, 4) is 0 Å². The van der Waals surface area contributed by atoms with Crippen LogP contribution in [0.5, 0.6) is 0 Å². The van der Waals surface area contributed by atoms with Gasteiger partial charge in [-0.15, -0.1) is 0 Å². The van der Waals surface area contributed by atoms with E-state index in [2.05, 4.69) is 10.6 Å². The number of fused-ring (bicyclic) bond motifs is 1. The number of nitrogens with one attached hydrogen (secondary N) is 2. The number of hydrogen-bond donors (Lipinski definition) is 2. The highest BCUT2D eigenvalue weighted by Crippen LogP contribution is 2.37. The Morgan fingerprint density at radius 1 is 0.919 bits per heavy atom. The molecule has 9 heteroatoms. The van der Waals surface area contributed by atoms with Gasteiger partial charge in [-0.1, -0.05) is 55.5 Å². The Balaban J connectivity index is 1.72. The number of carbonyl (C=O) groups excluding carboxylic acids is 2. The molecule has 0 aromatic heterocycles. The number of hydrogen-bond acceptors (Lipinski definition) is 5. The summed E-state index contributed by atoms with van der Waals surface area (Å²) in [6.07, 6.45) is 0.437. The Bertz CT molecular complexity index is 1430. The third-order valence-corrected chi connectivity index (χ3v) is 7.92. The predicted octanol–water partition coefficient (Wildman–Crippen LogP) is 4.25. The molecule has 2 N–H and O–H groups in total. The van der Waals surface area contributed by atoms with E-state index in [9.17, 15) is 18.0 Å². The van der Waals surface area contributed by atoms with Crippen LogP contribution in [0.1, 0.15) is 24.5 Å². The van der Waals surface area contributed by atoms with Crippen molar-refractivity contribution in [2.24, 2.45) is 0 Å². The molecule has 0 spiro atoms. The first kappa shape index (κ1) is 26.0. The first-order chi connectivity index (χ1) is 17.7. The van der Waals surface area contributed by atoms with Gasteiger partial charge in [0.15, 0.2) is 0 Å². The second-order valence-corrected chi connectivity index (χ2v) is 10.9. The number of benzene rings is 3. The third kappa shape index (κ3) is 5.67. The monoisotopic (exact) mass is 518 g/mol. The lowest BCUT2D eigenvalue weighted by atomic mass is 10.00. The minimum absolute atomic E-state index is 0.0630. The average molecular weight is 519 g/mol. The van der Waals surface area contributed by atoms with Gasteiger partial charge in [0.2, 0.25) is 15.9 Å². The number of para-hydroxylation sites is 1. The molecule has 0 atom stereocenters. The average Bonchev–Trinajstić information content (AvgIpc) is 3.22. The molecule has 37 heavy (non-hydrogen) atoms. The Morgan fingerprint density at radius 2 is 1.57 bits per heavy atom. The zero-order chi connectivity index (χ0) is 26.6. The fourth-order valence-corrected chi connectivity index (χ4v) is 5.57. The molecule has 4 rings (SSSR count). The van der Waals surface area contributed by atoms with E-state index in [1.807, 2.05) is 54.6 Å². The highest BCUT2D eigenvalue weighted by molar-refractivity contribution is 7.92. The van der Waals surface area contributed by atoms with Crippen molar-refractivity contribution in [3.05, 3.63) is 90.0 Å². The van der Waals surface area contributed by atoms with Gasteiger partial charge in [-0.25, -0.2) is 8.42 Å². The minimum Gasteiger partial charge on any atom is -0.354 e. The second kappa shape index (κ2) is 10.9. The maximum Gasteiger partial charge on any atom is 0.258 e. The number of anilines is 3.